The van der Waals surface area contributed by atoms with Crippen LogP contribution in [-0.4, -0.2) is 50.8 Å². The van der Waals surface area contributed by atoms with Crippen LogP contribution in [0.25, 0.3) is 0 Å². The van der Waals surface area contributed by atoms with Crippen LogP contribution in [0, 0.1) is 0 Å². The van der Waals surface area contributed by atoms with Gasteiger partial charge in [0, 0.05) is 24.5 Å². The Bertz CT molecular complexity index is 816. The van der Waals surface area contributed by atoms with Crippen LogP contribution in [-0.2, 0) is 16.0 Å². The molecule has 1 unspecified atom stereocenters. The van der Waals surface area contributed by atoms with Gasteiger partial charge in [-0.15, -0.1) is 0 Å². The second-order valence-corrected chi connectivity index (χ2v) is 7.31. The number of aryl methyl sites for hydroxylation is 1. The molecule has 1 heterocycles. The zero-order chi connectivity index (χ0) is 19.3. The first-order valence-corrected chi connectivity index (χ1v) is 9.84. The van der Waals surface area contributed by atoms with Crippen LogP contribution >= 0.6 is 0 Å². The molecule has 1 fully saturated rings. The lowest BCUT2D eigenvalue weighted by Gasteiger charge is -2.25. The number of carbonyl (C=O) groups is 1. The smallest absolute Gasteiger partial charge is 0.238 e. The molecule has 1 atom stereocenters. The SMILES string of the molecule is COc1ccc2c(c1)CCC2Nc1ccc(NC(=O)CN2CCOCC2)cc1. The number of fused-ring (bicyclic) bond motifs is 1. The molecule has 0 bridgehead atoms. The molecule has 0 spiro atoms. The number of rotatable bonds is 6. The van der Waals surface area contributed by atoms with Crippen LogP contribution in [0.4, 0.5) is 11.4 Å². The fourth-order valence-corrected chi connectivity index (χ4v) is 3.88. The van der Waals surface area contributed by atoms with Crippen molar-refractivity contribution in [3.05, 3.63) is 53.6 Å². The third-order valence-corrected chi connectivity index (χ3v) is 5.41. The van der Waals surface area contributed by atoms with Crippen molar-refractivity contribution in [1.82, 2.24) is 4.90 Å². The molecule has 28 heavy (non-hydrogen) atoms. The lowest BCUT2D eigenvalue weighted by molar-refractivity contribution is -0.118. The third-order valence-electron chi connectivity index (χ3n) is 5.41. The van der Waals surface area contributed by atoms with Gasteiger partial charge in [0.2, 0.25) is 5.91 Å². The maximum Gasteiger partial charge on any atom is 0.238 e. The number of nitrogens with one attached hydrogen (secondary N) is 2. The summed E-state index contributed by atoms with van der Waals surface area (Å²) < 4.78 is 10.6. The molecular formula is C22H27N3O3. The van der Waals surface area contributed by atoms with Gasteiger partial charge < -0.3 is 20.1 Å². The first-order chi connectivity index (χ1) is 13.7. The molecule has 0 saturated carbocycles. The molecule has 0 aromatic heterocycles. The molecule has 1 aliphatic carbocycles. The highest BCUT2D eigenvalue weighted by Gasteiger charge is 2.22. The van der Waals surface area contributed by atoms with Crippen molar-refractivity contribution >= 4 is 17.3 Å². The largest absolute Gasteiger partial charge is 0.497 e. The number of hydrogen-bond donors (Lipinski definition) is 2. The van der Waals surface area contributed by atoms with Gasteiger partial charge in [0.25, 0.3) is 0 Å². The van der Waals surface area contributed by atoms with Crippen LogP contribution < -0.4 is 15.4 Å². The molecule has 1 aliphatic heterocycles. The van der Waals surface area contributed by atoms with Gasteiger partial charge in [0.15, 0.2) is 0 Å². The first kappa shape index (κ1) is 18.8. The normalized spacial score (nSPS) is 19.1. The highest BCUT2D eigenvalue weighted by atomic mass is 16.5. The average molecular weight is 381 g/mol. The Balaban J connectivity index is 1.32. The molecule has 4 rings (SSSR count). The standard InChI is InChI=1S/C22H27N3O3/c1-27-19-7-8-20-16(14-19)2-9-21(20)23-17-3-5-18(6-4-17)24-22(26)15-25-10-12-28-13-11-25/h3-8,14,21,23H,2,9-13,15H2,1H3,(H,24,26). The van der Waals surface area contributed by atoms with E-state index in [0.717, 1.165) is 43.1 Å². The van der Waals surface area contributed by atoms with E-state index in [2.05, 4.69) is 27.7 Å². The number of nitrogens with zero attached hydrogens (tertiary/aromatic N) is 1. The topological polar surface area (TPSA) is 62.8 Å². The third kappa shape index (κ3) is 4.46. The number of hydrogen-bond acceptors (Lipinski definition) is 5. The minimum absolute atomic E-state index is 0.0151. The van der Waals surface area contributed by atoms with Gasteiger partial charge in [-0.3, -0.25) is 9.69 Å². The highest BCUT2D eigenvalue weighted by molar-refractivity contribution is 5.92. The Kier molecular flexibility index (Phi) is 5.78. The van der Waals surface area contributed by atoms with E-state index in [1.807, 2.05) is 30.3 Å². The van der Waals surface area contributed by atoms with Crippen LogP contribution in [0.2, 0.25) is 0 Å². The molecule has 2 aromatic carbocycles. The van der Waals surface area contributed by atoms with Crippen LogP contribution in [0.1, 0.15) is 23.6 Å². The van der Waals surface area contributed by atoms with Crippen LogP contribution in [0.15, 0.2) is 42.5 Å². The first-order valence-electron chi connectivity index (χ1n) is 9.84. The predicted molar refractivity (Wildman–Crippen MR) is 110 cm³/mol. The van der Waals surface area contributed by atoms with E-state index in [1.54, 1.807) is 7.11 Å². The monoisotopic (exact) mass is 381 g/mol. The summed E-state index contributed by atoms with van der Waals surface area (Å²) in [6, 6.07) is 14.5. The molecule has 148 valence electrons. The molecule has 2 N–H and O–H groups in total. The van der Waals surface area contributed by atoms with Gasteiger partial charge in [-0.1, -0.05) is 6.07 Å². The Labute approximate surface area is 165 Å². The van der Waals surface area contributed by atoms with Gasteiger partial charge in [-0.25, -0.2) is 0 Å². The minimum Gasteiger partial charge on any atom is -0.497 e. The number of ether oxygens (including phenoxy) is 2. The van der Waals surface area contributed by atoms with E-state index in [9.17, 15) is 4.79 Å². The van der Waals surface area contributed by atoms with Crippen LogP contribution in [0.3, 0.4) is 0 Å². The Morgan fingerprint density at radius 1 is 1.14 bits per heavy atom. The molecular weight excluding hydrogens is 354 g/mol. The van der Waals surface area contributed by atoms with Crippen molar-refractivity contribution in [3.8, 4) is 5.75 Å². The van der Waals surface area contributed by atoms with E-state index < -0.39 is 0 Å². The van der Waals surface area contributed by atoms with Gasteiger partial charge in [-0.05, 0) is 60.4 Å². The molecule has 1 amide bonds. The Morgan fingerprint density at radius 2 is 1.89 bits per heavy atom. The van der Waals surface area contributed by atoms with E-state index in [0.29, 0.717) is 25.8 Å². The Hall–Kier alpha value is -2.57. The zero-order valence-corrected chi connectivity index (χ0v) is 16.2. The van der Waals surface area contributed by atoms with Crippen molar-refractivity contribution < 1.29 is 14.3 Å². The second kappa shape index (κ2) is 8.63. The van der Waals surface area contributed by atoms with Crippen molar-refractivity contribution in [2.45, 2.75) is 18.9 Å². The lowest BCUT2D eigenvalue weighted by Crippen LogP contribution is -2.41. The number of benzene rings is 2. The van der Waals surface area contributed by atoms with Crippen molar-refractivity contribution in [1.29, 1.82) is 0 Å². The molecule has 0 radical (unpaired) electrons. The lowest BCUT2D eigenvalue weighted by atomic mass is 10.1. The molecule has 6 heteroatoms. The number of methoxy groups -OCH3 is 1. The minimum atomic E-state index is 0.0151. The van der Waals surface area contributed by atoms with Gasteiger partial charge in [0.05, 0.1) is 32.9 Å². The molecule has 6 nitrogen and oxygen atoms in total. The number of carbonyl (C=O) groups excluding carboxylic acids is 1. The molecule has 1 saturated heterocycles. The van der Waals surface area contributed by atoms with E-state index in [-0.39, 0.29) is 5.91 Å². The number of anilines is 2. The van der Waals surface area contributed by atoms with Crippen molar-refractivity contribution in [2.75, 3.05) is 50.6 Å². The second-order valence-electron chi connectivity index (χ2n) is 7.31. The molecule has 2 aliphatic rings. The van der Waals surface area contributed by atoms with Gasteiger partial charge in [0.1, 0.15) is 5.75 Å². The summed E-state index contributed by atoms with van der Waals surface area (Å²) in [5.41, 5.74) is 4.56. The maximum atomic E-state index is 12.2. The predicted octanol–water partition coefficient (Wildman–Crippen LogP) is 3.07. The summed E-state index contributed by atoms with van der Waals surface area (Å²) in [6.07, 6.45) is 2.13. The number of amides is 1. The van der Waals surface area contributed by atoms with Crippen LogP contribution in [0.5, 0.6) is 5.75 Å². The molecule has 2 aromatic rings. The van der Waals surface area contributed by atoms with E-state index in [1.165, 1.54) is 11.1 Å². The fourth-order valence-electron chi connectivity index (χ4n) is 3.88. The summed E-state index contributed by atoms with van der Waals surface area (Å²) in [7, 11) is 1.70. The zero-order valence-electron chi connectivity index (χ0n) is 16.2. The quantitative estimate of drug-likeness (QED) is 0.805. The summed E-state index contributed by atoms with van der Waals surface area (Å²) in [4.78, 5) is 14.3. The van der Waals surface area contributed by atoms with E-state index in [4.69, 9.17) is 9.47 Å². The number of morpholine rings is 1. The summed E-state index contributed by atoms with van der Waals surface area (Å²) in [5, 5.41) is 6.58. The van der Waals surface area contributed by atoms with Crippen molar-refractivity contribution in [3.63, 3.8) is 0 Å². The van der Waals surface area contributed by atoms with Crippen molar-refractivity contribution in [2.24, 2.45) is 0 Å². The van der Waals surface area contributed by atoms with Gasteiger partial charge in [-0.2, -0.15) is 0 Å². The highest BCUT2D eigenvalue weighted by Crippen LogP contribution is 2.35. The van der Waals surface area contributed by atoms with Gasteiger partial charge >= 0.3 is 0 Å². The summed E-state index contributed by atoms with van der Waals surface area (Å²) >= 11 is 0. The summed E-state index contributed by atoms with van der Waals surface area (Å²) in [6.45, 7) is 3.43. The van der Waals surface area contributed by atoms with E-state index >= 15 is 0 Å². The average Bonchev–Trinajstić information content (AvgIpc) is 3.12. The Morgan fingerprint density at radius 3 is 2.64 bits per heavy atom. The summed E-state index contributed by atoms with van der Waals surface area (Å²) in [5.74, 6) is 0.929. The maximum absolute atomic E-state index is 12.2. The fraction of sp³-hybridized carbons (Fsp3) is 0.409.